The molecule has 0 saturated carbocycles. The van der Waals surface area contributed by atoms with Crippen molar-refractivity contribution in [3.63, 3.8) is 0 Å². The van der Waals surface area contributed by atoms with Gasteiger partial charge in [-0.2, -0.15) is 0 Å². The third-order valence-corrected chi connectivity index (χ3v) is 5.03. The number of aliphatic hydroxyl groups is 1. The molecule has 2 atom stereocenters. The number of aryl methyl sites for hydroxylation is 1. The first kappa shape index (κ1) is 19.9. The van der Waals surface area contributed by atoms with Crippen LogP contribution in [0, 0.1) is 6.92 Å². The molecule has 0 saturated heterocycles. The third kappa shape index (κ3) is 4.30. The van der Waals surface area contributed by atoms with Crippen molar-refractivity contribution in [2.45, 2.75) is 25.7 Å². The first-order valence-electron chi connectivity index (χ1n) is 9.84. The summed E-state index contributed by atoms with van der Waals surface area (Å²) >= 11 is 0. The quantitative estimate of drug-likeness (QED) is 0.514. The van der Waals surface area contributed by atoms with E-state index in [0.717, 1.165) is 16.7 Å². The first-order valence-corrected chi connectivity index (χ1v) is 9.84. The van der Waals surface area contributed by atoms with Crippen LogP contribution in [0.1, 0.15) is 22.8 Å². The van der Waals surface area contributed by atoms with E-state index in [1.165, 1.54) is 10.9 Å². The molecule has 152 valence electrons. The Labute approximate surface area is 174 Å². The summed E-state index contributed by atoms with van der Waals surface area (Å²) < 4.78 is 7.55. The van der Waals surface area contributed by atoms with Gasteiger partial charge in [-0.05, 0) is 35.7 Å². The van der Waals surface area contributed by atoms with Gasteiger partial charge in [0.1, 0.15) is 12.4 Å². The molecule has 0 amide bonds. The maximum Gasteiger partial charge on any atom is 0.262 e. The third-order valence-electron chi connectivity index (χ3n) is 5.03. The maximum atomic E-state index is 12.6. The highest BCUT2D eigenvalue weighted by molar-refractivity contribution is 5.72. The summed E-state index contributed by atoms with van der Waals surface area (Å²) in [5.74, 6) is 0. The van der Waals surface area contributed by atoms with Gasteiger partial charge in [-0.15, -0.1) is 0 Å². The fourth-order valence-corrected chi connectivity index (χ4v) is 3.49. The van der Waals surface area contributed by atoms with Crippen molar-refractivity contribution in [3.8, 4) is 0 Å². The van der Waals surface area contributed by atoms with Gasteiger partial charge in [-0.1, -0.05) is 54.6 Å². The molecule has 4 aromatic rings. The molecule has 2 heterocycles. The molecule has 0 spiro atoms. The molecule has 30 heavy (non-hydrogen) atoms. The second-order valence-corrected chi connectivity index (χ2v) is 7.21. The number of hydrogen-bond donors (Lipinski definition) is 1. The second kappa shape index (κ2) is 8.98. The van der Waals surface area contributed by atoms with Crippen LogP contribution >= 0.6 is 0 Å². The van der Waals surface area contributed by atoms with Crippen molar-refractivity contribution in [3.05, 3.63) is 106 Å². The summed E-state index contributed by atoms with van der Waals surface area (Å²) in [7, 11) is 0. The van der Waals surface area contributed by atoms with E-state index >= 15 is 0 Å². The summed E-state index contributed by atoms with van der Waals surface area (Å²) in [6.07, 6.45) is 1.83. The highest BCUT2D eigenvalue weighted by Gasteiger charge is 2.19. The Morgan fingerprint density at radius 1 is 1.00 bits per heavy atom. The van der Waals surface area contributed by atoms with Crippen LogP contribution in [0.5, 0.6) is 0 Å². The van der Waals surface area contributed by atoms with Crippen molar-refractivity contribution >= 4 is 11.0 Å². The van der Waals surface area contributed by atoms with E-state index in [-0.39, 0.29) is 24.8 Å². The lowest BCUT2D eigenvalue weighted by Crippen LogP contribution is -2.30. The highest BCUT2D eigenvalue weighted by atomic mass is 16.5. The van der Waals surface area contributed by atoms with E-state index < -0.39 is 6.10 Å². The molecule has 0 fully saturated rings. The number of aliphatic hydroxyl groups excluding tert-OH is 1. The van der Waals surface area contributed by atoms with E-state index in [1.54, 1.807) is 18.3 Å². The van der Waals surface area contributed by atoms with Crippen LogP contribution in [0.15, 0.2) is 84.0 Å². The number of nitrogens with zero attached hydrogens (tertiary/aromatic N) is 3. The van der Waals surface area contributed by atoms with E-state index in [4.69, 9.17) is 4.74 Å². The van der Waals surface area contributed by atoms with Crippen molar-refractivity contribution in [2.75, 3.05) is 6.61 Å². The Morgan fingerprint density at radius 2 is 1.77 bits per heavy atom. The van der Waals surface area contributed by atoms with Crippen LogP contribution in [-0.2, 0) is 11.3 Å². The molecule has 0 bridgehead atoms. The minimum absolute atomic E-state index is 0.0748. The summed E-state index contributed by atoms with van der Waals surface area (Å²) in [4.78, 5) is 20.9. The van der Waals surface area contributed by atoms with Crippen LogP contribution in [0.2, 0.25) is 0 Å². The van der Waals surface area contributed by atoms with Crippen molar-refractivity contribution in [1.82, 2.24) is 14.5 Å². The van der Waals surface area contributed by atoms with Gasteiger partial charge in [0.2, 0.25) is 0 Å². The molecule has 0 unspecified atom stereocenters. The Morgan fingerprint density at radius 3 is 2.57 bits per heavy atom. The number of ether oxygens (including phenoxy) is 1. The number of pyridine rings is 1. The molecule has 0 aliphatic carbocycles. The molecule has 1 N–H and O–H groups in total. The van der Waals surface area contributed by atoms with Gasteiger partial charge < -0.3 is 9.84 Å². The standard InChI is InChI=1S/C24H23N3O3/c1-17-8-5-6-11-20(17)22(18-9-3-2-4-10-18)30-15-19(28)14-27-16-26-23-21(24(27)29)12-7-13-25-23/h2-13,16,19,22,28H,14-15H2,1H3/t19-,22-/m1/s1. The predicted octanol–water partition coefficient (Wildman–Crippen LogP) is 3.27. The Hall–Kier alpha value is -3.35. The zero-order chi connectivity index (χ0) is 20.9. The van der Waals surface area contributed by atoms with E-state index in [9.17, 15) is 9.90 Å². The van der Waals surface area contributed by atoms with E-state index in [0.29, 0.717) is 11.0 Å². The van der Waals surface area contributed by atoms with Crippen molar-refractivity contribution < 1.29 is 9.84 Å². The molecule has 2 aromatic carbocycles. The van der Waals surface area contributed by atoms with Crippen LogP contribution < -0.4 is 5.56 Å². The Balaban J connectivity index is 1.52. The number of rotatable bonds is 7. The average Bonchev–Trinajstić information content (AvgIpc) is 2.78. The van der Waals surface area contributed by atoms with Gasteiger partial charge in [-0.3, -0.25) is 9.36 Å². The Bertz CT molecular complexity index is 1190. The van der Waals surface area contributed by atoms with E-state index in [2.05, 4.69) is 9.97 Å². The first-order chi connectivity index (χ1) is 14.6. The maximum absolute atomic E-state index is 12.6. The highest BCUT2D eigenvalue weighted by Crippen LogP contribution is 2.28. The summed E-state index contributed by atoms with van der Waals surface area (Å²) in [5.41, 5.74) is 3.34. The van der Waals surface area contributed by atoms with Gasteiger partial charge in [-0.25, -0.2) is 9.97 Å². The summed E-state index contributed by atoms with van der Waals surface area (Å²) in [6.45, 7) is 2.21. The lowest BCUT2D eigenvalue weighted by molar-refractivity contribution is -0.00119. The van der Waals surface area contributed by atoms with Crippen LogP contribution in [-0.4, -0.2) is 32.4 Å². The minimum atomic E-state index is -0.867. The zero-order valence-corrected chi connectivity index (χ0v) is 16.7. The monoisotopic (exact) mass is 401 g/mol. The molecule has 2 aromatic heterocycles. The molecule has 0 aliphatic rings. The number of aromatic nitrogens is 3. The lowest BCUT2D eigenvalue weighted by Gasteiger charge is -2.22. The van der Waals surface area contributed by atoms with Gasteiger partial charge in [0.15, 0.2) is 5.65 Å². The number of hydrogen-bond acceptors (Lipinski definition) is 5. The summed E-state index contributed by atoms with van der Waals surface area (Å²) in [6, 6.07) is 21.3. The second-order valence-electron chi connectivity index (χ2n) is 7.21. The fraction of sp³-hybridized carbons (Fsp3) is 0.208. The molecular formula is C24H23N3O3. The van der Waals surface area contributed by atoms with Crippen molar-refractivity contribution in [1.29, 1.82) is 0 Å². The van der Waals surface area contributed by atoms with Crippen LogP contribution in [0.3, 0.4) is 0 Å². The minimum Gasteiger partial charge on any atom is -0.389 e. The lowest BCUT2D eigenvalue weighted by atomic mass is 9.97. The van der Waals surface area contributed by atoms with Gasteiger partial charge in [0, 0.05) is 6.20 Å². The van der Waals surface area contributed by atoms with E-state index in [1.807, 2.05) is 61.5 Å². The van der Waals surface area contributed by atoms with Crippen LogP contribution in [0.25, 0.3) is 11.0 Å². The number of fused-ring (bicyclic) bond motifs is 1. The zero-order valence-electron chi connectivity index (χ0n) is 16.7. The molecule has 6 nitrogen and oxygen atoms in total. The van der Waals surface area contributed by atoms with Gasteiger partial charge in [0.25, 0.3) is 5.56 Å². The van der Waals surface area contributed by atoms with Gasteiger partial charge >= 0.3 is 0 Å². The van der Waals surface area contributed by atoms with Crippen LogP contribution in [0.4, 0.5) is 0 Å². The predicted molar refractivity (Wildman–Crippen MR) is 115 cm³/mol. The normalized spacial score (nSPS) is 13.3. The largest absolute Gasteiger partial charge is 0.389 e. The van der Waals surface area contributed by atoms with Crippen molar-refractivity contribution in [2.24, 2.45) is 0 Å². The SMILES string of the molecule is Cc1ccccc1[C@H](OC[C@H](O)Cn1cnc2ncccc2c1=O)c1ccccc1. The Kier molecular flexibility index (Phi) is 5.97. The molecule has 6 heteroatoms. The topological polar surface area (TPSA) is 77.2 Å². The average molecular weight is 401 g/mol. The summed E-state index contributed by atoms with van der Waals surface area (Å²) in [5, 5.41) is 11.0. The molecular weight excluding hydrogens is 378 g/mol. The smallest absolute Gasteiger partial charge is 0.262 e. The molecule has 0 aliphatic heterocycles. The molecule has 4 rings (SSSR count). The number of benzene rings is 2. The van der Waals surface area contributed by atoms with Gasteiger partial charge in [0.05, 0.1) is 24.6 Å². The molecule has 0 radical (unpaired) electrons. The fourth-order valence-electron chi connectivity index (χ4n) is 3.49.